The van der Waals surface area contributed by atoms with Crippen molar-refractivity contribution in [2.24, 2.45) is 5.73 Å². The van der Waals surface area contributed by atoms with E-state index in [1.54, 1.807) is 18.2 Å². The molecule has 1 aromatic heterocycles. The van der Waals surface area contributed by atoms with Crippen LogP contribution >= 0.6 is 0 Å². The summed E-state index contributed by atoms with van der Waals surface area (Å²) in [5.74, 6) is -0.394. The third kappa shape index (κ3) is 3.73. The number of anilines is 1. The number of carbonyl (C=O) groups is 1. The van der Waals surface area contributed by atoms with E-state index in [0.717, 1.165) is 44.3 Å². The Bertz CT molecular complexity index is 1160. The molecule has 2 aromatic carbocycles. The molecule has 27 heavy (non-hydrogen) atoms. The van der Waals surface area contributed by atoms with Gasteiger partial charge in [-0.2, -0.15) is 0 Å². The Balaban J connectivity index is 2.18. The van der Waals surface area contributed by atoms with Crippen molar-refractivity contribution >= 4 is 32.5 Å². The molecule has 0 radical (unpaired) electrons. The Kier molecular flexibility index (Phi) is 4.80. The molecule has 0 aliphatic carbocycles. The number of hydrogen-bond donors (Lipinski definition) is 3. The van der Waals surface area contributed by atoms with Crippen molar-refractivity contribution in [2.45, 2.75) is 20.3 Å². The lowest BCUT2D eigenvalue weighted by Crippen LogP contribution is -2.13. The van der Waals surface area contributed by atoms with Gasteiger partial charge in [0.2, 0.25) is 5.91 Å². The van der Waals surface area contributed by atoms with Gasteiger partial charge < -0.3 is 10.7 Å². The van der Waals surface area contributed by atoms with E-state index >= 15 is 0 Å². The fourth-order valence-electron chi connectivity index (χ4n) is 3.18. The predicted octanol–water partition coefficient (Wildman–Crippen LogP) is 3.36. The molecule has 0 atom stereocenters. The minimum Gasteiger partial charge on any atom is -0.369 e. The van der Waals surface area contributed by atoms with E-state index in [1.165, 1.54) is 0 Å². The number of carbonyl (C=O) groups excluding carboxylic acids is 1. The molecule has 0 saturated carbocycles. The lowest BCUT2D eigenvalue weighted by atomic mass is 9.95. The SMILES string of the molecule is C=CS(=O)(=O)Nc1cccc(-c2ccc(CC(N)=O)c3[nH]c(C)c(C)c23)c1. The van der Waals surface area contributed by atoms with Crippen molar-refractivity contribution in [1.29, 1.82) is 0 Å². The van der Waals surface area contributed by atoms with Crippen LogP contribution < -0.4 is 10.5 Å². The molecule has 0 spiro atoms. The van der Waals surface area contributed by atoms with Gasteiger partial charge in [-0.05, 0) is 48.2 Å². The van der Waals surface area contributed by atoms with Crippen LogP contribution in [-0.4, -0.2) is 19.3 Å². The normalized spacial score (nSPS) is 11.5. The van der Waals surface area contributed by atoms with E-state index in [9.17, 15) is 13.2 Å². The number of H-pyrrole nitrogens is 1. The van der Waals surface area contributed by atoms with Crippen LogP contribution in [0.3, 0.4) is 0 Å². The number of rotatable bonds is 6. The zero-order valence-electron chi connectivity index (χ0n) is 15.2. The minimum absolute atomic E-state index is 0.148. The summed E-state index contributed by atoms with van der Waals surface area (Å²) in [6.45, 7) is 7.29. The van der Waals surface area contributed by atoms with Crippen LogP contribution in [0.2, 0.25) is 0 Å². The van der Waals surface area contributed by atoms with Crippen LogP contribution in [0, 0.1) is 13.8 Å². The summed E-state index contributed by atoms with van der Waals surface area (Å²) in [7, 11) is -3.58. The maximum Gasteiger partial charge on any atom is 0.254 e. The topological polar surface area (TPSA) is 105 Å². The van der Waals surface area contributed by atoms with Gasteiger partial charge in [-0.1, -0.05) is 30.8 Å². The van der Waals surface area contributed by atoms with Crippen molar-refractivity contribution in [3.05, 3.63) is 65.2 Å². The molecule has 3 rings (SSSR count). The van der Waals surface area contributed by atoms with E-state index in [0.29, 0.717) is 5.69 Å². The molecule has 3 aromatic rings. The fourth-order valence-corrected chi connectivity index (χ4v) is 3.72. The molecule has 1 heterocycles. The predicted molar refractivity (Wildman–Crippen MR) is 109 cm³/mol. The van der Waals surface area contributed by atoms with Crippen LogP contribution in [0.15, 0.2) is 48.4 Å². The lowest BCUT2D eigenvalue weighted by Gasteiger charge is -2.11. The van der Waals surface area contributed by atoms with E-state index < -0.39 is 15.9 Å². The highest BCUT2D eigenvalue weighted by molar-refractivity contribution is 7.95. The van der Waals surface area contributed by atoms with Gasteiger partial charge in [-0.15, -0.1) is 0 Å². The quantitative estimate of drug-likeness (QED) is 0.608. The van der Waals surface area contributed by atoms with Crippen molar-refractivity contribution in [3.63, 3.8) is 0 Å². The maximum atomic E-state index is 11.8. The molecular formula is C20H21N3O3S. The highest BCUT2D eigenvalue weighted by atomic mass is 32.2. The van der Waals surface area contributed by atoms with E-state index in [-0.39, 0.29) is 6.42 Å². The molecule has 0 aliphatic rings. The smallest absolute Gasteiger partial charge is 0.254 e. The summed E-state index contributed by atoms with van der Waals surface area (Å²) < 4.78 is 26.0. The van der Waals surface area contributed by atoms with Crippen LogP contribution in [0.25, 0.3) is 22.0 Å². The number of hydrogen-bond acceptors (Lipinski definition) is 3. The fraction of sp³-hybridized carbons (Fsp3) is 0.150. The molecule has 7 heteroatoms. The first-order valence-electron chi connectivity index (χ1n) is 8.36. The molecule has 0 bridgehead atoms. The van der Waals surface area contributed by atoms with Crippen molar-refractivity contribution in [2.75, 3.05) is 4.72 Å². The number of aryl methyl sites for hydroxylation is 2. The number of aromatic amines is 1. The van der Waals surface area contributed by atoms with Gasteiger partial charge in [-0.25, -0.2) is 8.42 Å². The first-order chi connectivity index (χ1) is 12.7. The number of sulfonamides is 1. The summed E-state index contributed by atoms with van der Waals surface area (Å²) in [6.07, 6.45) is 0.148. The number of primary amides is 1. The third-order valence-electron chi connectivity index (χ3n) is 4.56. The van der Waals surface area contributed by atoms with Crippen LogP contribution in [0.5, 0.6) is 0 Å². The van der Waals surface area contributed by atoms with Crippen LogP contribution in [0.4, 0.5) is 5.69 Å². The Morgan fingerprint density at radius 3 is 2.67 bits per heavy atom. The minimum atomic E-state index is -3.58. The second kappa shape index (κ2) is 6.92. The Morgan fingerprint density at radius 1 is 1.26 bits per heavy atom. The summed E-state index contributed by atoms with van der Waals surface area (Å²) >= 11 is 0. The second-order valence-corrected chi connectivity index (χ2v) is 8.06. The third-order valence-corrected chi connectivity index (χ3v) is 5.52. The molecule has 0 unspecified atom stereocenters. The average Bonchev–Trinajstić information content (AvgIpc) is 2.91. The highest BCUT2D eigenvalue weighted by Crippen LogP contribution is 2.35. The summed E-state index contributed by atoms with van der Waals surface area (Å²) in [5.41, 5.74) is 11.4. The monoisotopic (exact) mass is 383 g/mol. The molecule has 4 N–H and O–H groups in total. The molecule has 1 amide bonds. The van der Waals surface area contributed by atoms with Gasteiger partial charge in [0.1, 0.15) is 0 Å². The number of benzene rings is 2. The van der Waals surface area contributed by atoms with Gasteiger partial charge in [0.25, 0.3) is 10.0 Å². The first kappa shape index (κ1) is 18.7. The first-order valence-corrected chi connectivity index (χ1v) is 9.91. The number of amides is 1. The van der Waals surface area contributed by atoms with E-state index in [4.69, 9.17) is 5.73 Å². The molecule has 6 nitrogen and oxygen atoms in total. The van der Waals surface area contributed by atoms with Gasteiger partial charge in [0, 0.05) is 22.2 Å². The van der Waals surface area contributed by atoms with Gasteiger partial charge >= 0.3 is 0 Å². The molecule has 0 saturated heterocycles. The summed E-state index contributed by atoms with van der Waals surface area (Å²) in [5, 5.41) is 1.87. The second-order valence-electron chi connectivity index (χ2n) is 6.43. The lowest BCUT2D eigenvalue weighted by molar-refractivity contribution is -0.117. The van der Waals surface area contributed by atoms with Gasteiger partial charge in [-0.3, -0.25) is 9.52 Å². The highest BCUT2D eigenvalue weighted by Gasteiger charge is 2.16. The standard InChI is InChI=1S/C20H21N3O3S/c1-4-27(25,26)23-16-7-5-6-14(10-16)17-9-8-15(11-18(21)24)20-19(17)12(2)13(3)22-20/h4-10,22-23H,1,11H2,2-3H3,(H2,21,24). The maximum absolute atomic E-state index is 11.8. The average molecular weight is 383 g/mol. The van der Waals surface area contributed by atoms with E-state index in [2.05, 4.69) is 16.3 Å². The number of aromatic nitrogens is 1. The van der Waals surface area contributed by atoms with Crippen molar-refractivity contribution in [1.82, 2.24) is 4.98 Å². The van der Waals surface area contributed by atoms with Crippen LogP contribution in [0.1, 0.15) is 16.8 Å². The molecule has 140 valence electrons. The molecular weight excluding hydrogens is 362 g/mol. The van der Waals surface area contributed by atoms with Gasteiger partial charge in [0.05, 0.1) is 11.9 Å². The Hall–Kier alpha value is -3.06. The zero-order chi connectivity index (χ0) is 19.8. The molecule has 0 aliphatic heterocycles. The summed E-state index contributed by atoms with van der Waals surface area (Å²) in [6, 6.07) is 11.0. The summed E-state index contributed by atoms with van der Waals surface area (Å²) in [4.78, 5) is 14.7. The van der Waals surface area contributed by atoms with E-state index in [1.807, 2.05) is 32.0 Å². The van der Waals surface area contributed by atoms with Crippen molar-refractivity contribution in [3.8, 4) is 11.1 Å². The molecule has 0 fully saturated rings. The Morgan fingerprint density at radius 2 is 2.00 bits per heavy atom. The zero-order valence-corrected chi connectivity index (χ0v) is 16.0. The number of fused-ring (bicyclic) bond motifs is 1. The van der Waals surface area contributed by atoms with Gasteiger partial charge in [0.15, 0.2) is 0 Å². The Labute approximate surface area is 158 Å². The van der Waals surface area contributed by atoms with Crippen LogP contribution in [-0.2, 0) is 21.2 Å². The largest absolute Gasteiger partial charge is 0.369 e. The number of nitrogens with two attached hydrogens (primary N) is 1. The van der Waals surface area contributed by atoms with Crippen molar-refractivity contribution < 1.29 is 13.2 Å². The number of nitrogens with one attached hydrogen (secondary N) is 2.